The van der Waals surface area contributed by atoms with Crippen LogP contribution < -0.4 is 5.43 Å². The van der Waals surface area contributed by atoms with E-state index in [0.717, 1.165) is 4.88 Å². The van der Waals surface area contributed by atoms with E-state index in [1.54, 1.807) is 11.3 Å². The zero-order valence-electron chi connectivity index (χ0n) is 6.37. The van der Waals surface area contributed by atoms with Gasteiger partial charge in [0.05, 0.1) is 4.88 Å². The molecule has 0 saturated heterocycles. The van der Waals surface area contributed by atoms with Gasteiger partial charge in [-0.2, -0.15) is 0 Å². The van der Waals surface area contributed by atoms with E-state index in [4.69, 9.17) is 4.74 Å². The lowest BCUT2D eigenvalue weighted by molar-refractivity contribution is 0.179. The smallest absolute Gasteiger partial charge is 0.251 e. The third-order valence-corrected chi connectivity index (χ3v) is 2.57. The Labute approximate surface area is 82.6 Å². The Morgan fingerprint density at radius 1 is 1.75 bits per heavy atom. The van der Waals surface area contributed by atoms with Crippen molar-refractivity contribution in [2.75, 3.05) is 0 Å². The van der Waals surface area contributed by atoms with E-state index < -0.39 is 4.63 Å². The third-order valence-electron chi connectivity index (χ3n) is 1.38. The molecular formula is C7H7BrN2OS. The summed E-state index contributed by atoms with van der Waals surface area (Å²) < 4.78 is 4.91. The van der Waals surface area contributed by atoms with Crippen molar-refractivity contribution in [3.05, 3.63) is 22.4 Å². The van der Waals surface area contributed by atoms with Crippen molar-refractivity contribution in [1.82, 2.24) is 5.43 Å². The number of thiophene rings is 1. The fraction of sp³-hybridized carbons (Fsp3) is 0.286. The highest BCUT2D eigenvalue weighted by atomic mass is 79.9. The molecule has 64 valence electrons. The van der Waals surface area contributed by atoms with Gasteiger partial charge in [-0.3, -0.25) is 5.43 Å². The molecule has 1 atom stereocenters. The number of hydrogen-bond donors (Lipinski definition) is 1. The SMILES string of the molecule is CC1(Br)NN=C(c2cccs2)O1. The van der Waals surface area contributed by atoms with Crippen LogP contribution in [0.15, 0.2) is 22.6 Å². The topological polar surface area (TPSA) is 33.6 Å². The fourth-order valence-electron chi connectivity index (χ4n) is 0.883. The summed E-state index contributed by atoms with van der Waals surface area (Å²) in [6, 6.07) is 3.94. The van der Waals surface area contributed by atoms with Crippen LogP contribution in [0.3, 0.4) is 0 Å². The van der Waals surface area contributed by atoms with E-state index in [1.807, 2.05) is 24.4 Å². The van der Waals surface area contributed by atoms with Gasteiger partial charge in [0, 0.05) is 6.92 Å². The summed E-state index contributed by atoms with van der Waals surface area (Å²) >= 11 is 4.93. The first-order valence-corrected chi connectivity index (χ1v) is 5.11. The molecular weight excluding hydrogens is 240 g/mol. The largest absolute Gasteiger partial charge is 0.438 e. The molecule has 0 radical (unpaired) electrons. The number of rotatable bonds is 1. The minimum Gasteiger partial charge on any atom is -0.438 e. The average molecular weight is 247 g/mol. The molecule has 2 rings (SSSR count). The molecule has 3 nitrogen and oxygen atoms in total. The highest BCUT2D eigenvalue weighted by molar-refractivity contribution is 9.10. The Bertz CT molecular complexity index is 307. The van der Waals surface area contributed by atoms with Crippen LogP contribution in [0, 0.1) is 0 Å². The Kier molecular flexibility index (Phi) is 1.84. The van der Waals surface area contributed by atoms with Crippen LogP contribution in [-0.4, -0.2) is 10.5 Å². The number of nitrogens with one attached hydrogen (secondary N) is 1. The molecule has 0 amide bonds. The summed E-state index contributed by atoms with van der Waals surface area (Å²) in [7, 11) is 0. The normalized spacial score (nSPS) is 27.7. The highest BCUT2D eigenvalue weighted by Crippen LogP contribution is 2.24. The van der Waals surface area contributed by atoms with Gasteiger partial charge in [-0.25, -0.2) is 0 Å². The molecule has 1 N–H and O–H groups in total. The molecule has 0 spiro atoms. The number of ether oxygens (including phenoxy) is 1. The Balaban J connectivity index is 2.20. The van der Waals surface area contributed by atoms with Gasteiger partial charge in [-0.05, 0) is 27.4 Å². The number of alkyl halides is 1. The standard InChI is InChI=1S/C7H7BrN2OS/c1-7(8)10-9-6(11-7)5-3-2-4-12-5/h2-4,10H,1H3. The monoisotopic (exact) mass is 246 g/mol. The fourth-order valence-corrected chi connectivity index (χ4v) is 1.77. The lowest BCUT2D eigenvalue weighted by Crippen LogP contribution is -2.29. The van der Waals surface area contributed by atoms with Crippen molar-refractivity contribution < 1.29 is 4.74 Å². The minimum absolute atomic E-state index is 0.549. The Hall–Kier alpha value is -0.550. The second-order valence-electron chi connectivity index (χ2n) is 2.52. The van der Waals surface area contributed by atoms with E-state index >= 15 is 0 Å². The Morgan fingerprint density at radius 2 is 2.58 bits per heavy atom. The van der Waals surface area contributed by atoms with E-state index in [-0.39, 0.29) is 0 Å². The van der Waals surface area contributed by atoms with Crippen molar-refractivity contribution in [2.45, 2.75) is 11.6 Å². The molecule has 5 heteroatoms. The zero-order chi connectivity index (χ0) is 8.60. The van der Waals surface area contributed by atoms with Crippen LogP contribution in [0.2, 0.25) is 0 Å². The molecule has 0 saturated carbocycles. The summed E-state index contributed by atoms with van der Waals surface area (Å²) in [5.41, 5.74) is 2.82. The molecule has 1 aliphatic rings. The minimum atomic E-state index is -0.549. The molecule has 0 aliphatic carbocycles. The van der Waals surface area contributed by atoms with Gasteiger partial charge in [-0.1, -0.05) is 6.07 Å². The molecule has 12 heavy (non-hydrogen) atoms. The first kappa shape index (κ1) is 8.07. The van der Waals surface area contributed by atoms with Crippen LogP contribution in [-0.2, 0) is 4.74 Å². The Morgan fingerprint density at radius 3 is 3.08 bits per heavy atom. The van der Waals surface area contributed by atoms with E-state index in [0.29, 0.717) is 5.90 Å². The van der Waals surface area contributed by atoms with Crippen LogP contribution in [0.5, 0.6) is 0 Å². The van der Waals surface area contributed by atoms with E-state index in [1.165, 1.54) is 0 Å². The first-order valence-electron chi connectivity index (χ1n) is 3.44. The molecule has 0 bridgehead atoms. The molecule has 1 unspecified atom stereocenters. The molecule has 1 aromatic rings. The maximum absolute atomic E-state index is 5.46. The summed E-state index contributed by atoms with van der Waals surface area (Å²) in [6.07, 6.45) is 0. The van der Waals surface area contributed by atoms with Crippen LogP contribution in [0.1, 0.15) is 11.8 Å². The molecule has 0 aromatic carbocycles. The highest BCUT2D eigenvalue weighted by Gasteiger charge is 2.30. The van der Waals surface area contributed by atoms with Crippen LogP contribution >= 0.6 is 27.3 Å². The van der Waals surface area contributed by atoms with Gasteiger partial charge in [0.15, 0.2) is 0 Å². The second-order valence-corrected chi connectivity index (χ2v) is 4.99. The number of halogens is 1. The number of hydrazone groups is 1. The van der Waals surface area contributed by atoms with Gasteiger partial charge in [0.2, 0.25) is 0 Å². The lowest BCUT2D eigenvalue weighted by Gasteiger charge is -2.14. The molecule has 0 fully saturated rings. The van der Waals surface area contributed by atoms with Crippen LogP contribution in [0.25, 0.3) is 0 Å². The van der Waals surface area contributed by atoms with Crippen molar-refractivity contribution in [3.8, 4) is 0 Å². The van der Waals surface area contributed by atoms with E-state index in [9.17, 15) is 0 Å². The van der Waals surface area contributed by atoms with Crippen molar-refractivity contribution in [2.24, 2.45) is 5.10 Å². The third kappa shape index (κ3) is 1.47. The summed E-state index contributed by atoms with van der Waals surface area (Å²) in [6.45, 7) is 1.86. The number of nitrogens with zero attached hydrogens (tertiary/aromatic N) is 1. The average Bonchev–Trinajstić information content (AvgIpc) is 2.55. The van der Waals surface area contributed by atoms with Crippen molar-refractivity contribution in [3.63, 3.8) is 0 Å². The summed E-state index contributed by atoms with van der Waals surface area (Å²) in [5.74, 6) is 0.643. The molecule has 2 heterocycles. The van der Waals surface area contributed by atoms with Crippen LogP contribution in [0.4, 0.5) is 0 Å². The lowest BCUT2D eigenvalue weighted by atomic mass is 10.5. The molecule has 1 aromatic heterocycles. The van der Waals surface area contributed by atoms with E-state index in [2.05, 4.69) is 26.5 Å². The van der Waals surface area contributed by atoms with Gasteiger partial charge in [-0.15, -0.1) is 16.4 Å². The second kappa shape index (κ2) is 2.74. The molecule has 1 aliphatic heterocycles. The van der Waals surface area contributed by atoms with Crippen molar-refractivity contribution in [1.29, 1.82) is 0 Å². The summed E-state index contributed by atoms with van der Waals surface area (Å²) in [4.78, 5) is 1.03. The van der Waals surface area contributed by atoms with Gasteiger partial charge in [0.25, 0.3) is 10.5 Å². The predicted octanol–water partition coefficient (Wildman–Crippen LogP) is 2.10. The van der Waals surface area contributed by atoms with Gasteiger partial charge in [0.1, 0.15) is 0 Å². The van der Waals surface area contributed by atoms with Gasteiger partial charge < -0.3 is 4.74 Å². The quantitative estimate of drug-likeness (QED) is 0.609. The maximum atomic E-state index is 5.46. The zero-order valence-corrected chi connectivity index (χ0v) is 8.78. The van der Waals surface area contributed by atoms with Crippen molar-refractivity contribution >= 4 is 33.2 Å². The predicted molar refractivity (Wildman–Crippen MR) is 52.4 cm³/mol. The van der Waals surface area contributed by atoms with Gasteiger partial charge >= 0.3 is 0 Å². The number of hydrogen-bond acceptors (Lipinski definition) is 4. The maximum Gasteiger partial charge on any atom is 0.251 e. The first-order chi connectivity index (χ1) is 5.67. The summed E-state index contributed by atoms with van der Waals surface area (Å²) in [5, 5.41) is 6.03.